The van der Waals surface area contributed by atoms with E-state index in [1.165, 1.54) is 12.1 Å². The zero-order valence-corrected chi connectivity index (χ0v) is 9.37. The molecule has 0 aliphatic rings. The van der Waals surface area contributed by atoms with Crippen molar-refractivity contribution < 1.29 is 13.2 Å². The van der Waals surface area contributed by atoms with Gasteiger partial charge >= 0.3 is 6.18 Å². The maximum Gasteiger partial charge on any atom is 0.418 e. The van der Waals surface area contributed by atoms with E-state index in [1.807, 2.05) is 0 Å². The quantitative estimate of drug-likeness (QED) is 0.827. The third kappa shape index (κ3) is 3.61. The Balaban J connectivity index is 3.09. The second kappa shape index (κ2) is 5.88. The molecule has 0 aromatic heterocycles. The molecule has 0 radical (unpaired) electrons. The number of alkyl halides is 3. The van der Waals surface area contributed by atoms with Crippen molar-refractivity contribution in [3.05, 3.63) is 29.8 Å². The molecular formula is C11H16F3N3. The van der Waals surface area contributed by atoms with Gasteiger partial charge in [-0.25, -0.2) is 0 Å². The van der Waals surface area contributed by atoms with Crippen molar-refractivity contribution in [2.45, 2.75) is 6.18 Å². The van der Waals surface area contributed by atoms with Crippen molar-refractivity contribution in [2.24, 2.45) is 11.5 Å². The van der Waals surface area contributed by atoms with Gasteiger partial charge in [0.1, 0.15) is 0 Å². The lowest BCUT2D eigenvalue weighted by Gasteiger charge is -2.26. The molecule has 0 unspecified atom stereocenters. The van der Waals surface area contributed by atoms with Gasteiger partial charge in [-0.15, -0.1) is 0 Å². The van der Waals surface area contributed by atoms with E-state index in [1.54, 1.807) is 11.0 Å². The first-order valence-corrected chi connectivity index (χ1v) is 5.32. The van der Waals surface area contributed by atoms with Gasteiger partial charge in [0.2, 0.25) is 0 Å². The van der Waals surface area contributed by atoms with E-state index in [0.29, 0.717) is 13.1 Å². The summed E-state index contributed by atoms with van der Waals surface area (Å²) in [5, 5.41) is 0. The standard InChI is InChI=1S/C11H16F3N3/c12-11(13,14)9-3-1-2-4-10(9)17(7-5-15)8-6-16/h1-4H,5-8,15-16H2. The highest BCUT2D eigenvalue weighted by atomic mass is 19.4. The van der Waals surface area contributed by atoms with Crippen molar-refractivity contribution in [2.75, 3.05) is 31.1 Å². The summed E-state index contributed by atoms with van der Waals surface area (Å²) >= 11 is 0. The summed E-state index contributed by atoms with van der Waals surface area (Å²) in [7, 11) is 0. The Morgan fingerprint density at radius 2 is 1.53 bits per heavy atom. The lowest BCUT2D eigenvalue weighted by molar-refractivity contribution is -0.137. The Kier molecular flexibility index (Phi) is 4.77. The van der Waals surface area contributed by atoms with Crippen LogP contribution < -0.4 is 16.4 Å². The van der Waals surface area contributed by atoms with Crippen LogP contribution in [-0.2, 0) is 6.18 Å². The zero-order chi connectivity index (χ0) is 12.9. The Labute approximate surface area is 98.2 Å². The van der Waals surface area contributed by atoms with Crippen LogP contribution in [-0.4, -0.2) is 26.2 Å². The first kappa shape index (κ1) is 13.8. The maximum atomic E-state index is 12.8. The highest BCUT2D eigenvalue weighted by molar-refractivity contribution is 5.55. The average molecular weight is 247 g/mol. The van der Waals surface area contributed by atoms with Gasteiger partial charge in [-0.1, -0.05) is 12.1 Å². The summed E-state index contributed by atoms with van der Waals surface area (Å²) in [6, 6.07) is 5.45. The van der Waals surface area contributed by atoms with Crippen molar-refractivity contribution >= 4 is 5.69 Å². The number of anilines is 1. The number of rotatable bonds is 5. The summed E-state index contributed by atoms with van der Waals surface area (Å²) in [5.74, 6) is 0. The number of halogens is 3. The Bertz CT molecular complexity index is 346. The van der Waals surface area contributed by atoms with E-state index in [2.05, 4.69) is 0 Å². The molecule has 4 N–H and O–H groups in total. The molecule has 0 fully saturated rings. The molecule has 0 spiro atoms. The highest BCUT2D eigenvalue weighted by Crippen LogP contribution is 2.36. The number of hydrogen-bond acceptors (Lipinski definition) is 3. The van der Waals surface area contributed by atoms with E-state index >= 15 is 0 Å². The molecule has 0 saturated carbocycles. The molecular weight excluding hydrogens is 231 g/mol. The number of nitrogens with two attached hydrogens (primary N) is 2. The van der Waals surface area contributed by atoms with Gasteiger partial charge in [-0.3, -0.25) is 0 Å². The van der Waals surface area contributed by atoms with Crippen LogP contribution in [0.15, 0.2) is 24.3 Å². The van der Waals surface area contributed by atoms with Crippen molar-refractivity contribution in [3.63, 3.8) is 0 Å². The molecule has 0 heterocycles. The molecule has 0 aliphatic carbocycles. The summed E-state index contributed by atoms with van der Waals surface area (Å²) < 4.78 is 38.4. The van der Waals surface area contributed by atoms with Crippen molar-refractivity contribution in [3.8, 4) is 0 Å². The van der Waals surface area contributed by atoms with Gasteiger partial charge in [0, 0.05) is 31.9 Å². The summed E-state index contributed by atoms with van der Waals surface area (Å²) in [6.07, 6.45) is -4.36. The lowest BCUT2D eigenvalue weighted by Crippen LogP contribution is -2.35. The van der Waals surface area contributed by atoms with Crippen LogP contribution >= 0.6 is 0 Å². The van der Waals surface area contributed by atoms with Crippen LogP contribution in [0.25, 0.3) is 0 Å². The predicted molar refractivity (Wildman–Crippen MR) is 61.8 cm³/mol. The first-order valence-electron chi connectivity index (χ1n) is 5.32. The fourth-order valence-corrected chi connectivity index (χ4v) is 1.65. The highest BCUT2D eigenvalue weighted by Gasteiger charge is 2.34. The van der Waals surface area contributed by atoms with E-state index < -0.39 is 11.7 Å². The lowest BCUT2D eigenvalue weighted by atomic mass is 10.1. The summed E-state index contributed by atoms with van der Waals surface area (Å²) in [6.45, 7) is 1.27. The van der Waals surface area contributed by atoms with Gasteiger partial charge in [0.25, 0.3) is 0 Å². The minimum atomic E-state index is -4.36. The van der Waals surface area contributed by atoms with Gasteiger partial charge in [-0.2, -0.15) is 13.2 Å². The number of para-hydroxylation sites is 1. The largest absolute Gasteiger partial charge is 0.418 e. The fourth-order valence-electron chi connectivity index (χ4n) is 1.65. The Hall–Kier alpha value is -1.27. The van der Waals surface area contributed by atoms with Crippen LogP contribution in [0, 0.1) is 0 Å². The second-order valence-electron chi connectivity index (χ2n) is 3.58. The van der Waals surface area contributed by atoms with Gasteiger partial charge < -0.3 is 16.4 Å². The normalized spacial score (nSPS) is 11.6. The number of nitrogens with zero attached hydrogens (tertiary/aromatic N) is 1. The molecule has 6 heteroatoms. The molecule has 96 valence electrons. The Morgan fingerprint density at radius 1 is 1.00 bits per heavy atom. The molecule has 0 atom stereocenters. The van der Waals surface area contributed by atoms with Crippen LogP contribution in [0.4, 0.5) is 18.9 Å². The molecule has 3 nitrogen and oxygen atoms in total. The third-order valence-electron chi connectivity index (χ3n) is 2.35. The van der Waals surface area contributed by atoms with Crippen molar-refractivity contribution in [1.82, 2.24) is 0 Å². The topological polar surface area (TPSA) is 55.3 Å². The molecule has 0 amide bonds. The van der Waals surface area contributed by atoms with E-state index in [-0.39, 0.29) is 18.8 Å². The molecule has 17 heavy (non-hydrogen) atoms. The SMILES string of the molecule is NCCN(CCN)c1ccccc1C(F)(F)F. The van der Waals surface area contributed by atoms with E-state index in [9.17, 15) is 13.2 Å². The predicted octanol–water partition coefficient (Wildman–Crippen LogP) is 1.43. The van der Waals surface area contributed by atoms with Crippen molar-refractivity contribution in [1.29, 1.82) is 0 Å². The monoisotopic (exact) mass is 247 g/mol. The van der Waals surface area contributed by atoms with Crippen LogP contribution in [0.2, 0.25) is 0 Å². The zero-order valence-electron chi connectivity index (χ0n) is 9.37. The smallest absolute Gasteiger partial charge is 0.369 e. The first-order chi connectivity index (χ1) is 8.00. The minimum Gasteiger partial charge on any atom is -0.369 e. The molecule has 1 rings (SSSR count). The van der Waals surface area contributed by atoms with Gasteiger partial charge in [-0.05, 0) is 12.1 Å². The summed E-state index contributed by atoms with van der Waals surface area (Å²) in [5.41, 5.74) is 10.3. The minimum absolute atomic E-state index is 0.135. The summed E-state index contributed by atoms with van der Waals surface area (Å²) in [4.78, 5) is 1.56. The maximum absolute atomic E-state index is 12.8. The molecule has 0 aliphatic heterocycles. The third-order valence-corrected chi connectivity index (χ3v) is 2.35. The molecule has 1 aromatic carbocycles. The average Bonchev–Trinajstić information content (AvgIpc) is 2.28. The molecule has 0 saturated heterocycles. The second-order valence-corrected chi connectivity index (χ2v) is 3.58. The molecule has 0 bridgehead atoms. The van der Waals surface area contributed by atoms with Crippen LogP contribution in [0.3, 0.4) is 0 Å². The van der Waals surface area contributed by atoms with E-state index in [0.717, 1.165) is 6.07 Å². The van der Waals surface area contributed by atoms with Crippen LogP contribution in [0.5, 0.6) is 0 Å². The van der Waals surface area contributed by atoms with Gasteiger partial charge in [0.05, 0.1) is 5.56 Å². The molecule has 1 aromatic rings. The number of benzene rings is 1. The van der Waals surface area contributed by atoms with Crippen LogP contribution in [0.1, 0.15) is 5.56 Å². The van der Waals surface area contributed by atoms with Gasteiger partial charge in [0.15, 0.2) is 0 Å². The van der Waals surface area contributed by atoms with E-state index in [4.69, 9.17) is 11.5 Å². The fraction of sp³-hybridized carbons (Fsp3) is 0.455. The number of hydrogen-bond donors (Lipinski definition) is 2. The Morgan fingerprint density at radius 3 is 2.00 bits per heavy atom.